The number of rotatable bonds is 3. The van der Waals surface area contributed by atoms with Crippen molar-refractivity contribution in [1.82, 2.24) is 0 Å². The van der Waals surface area contributed by atoms with E-state index in [1.807, 2.05) is 36.4 Å². The first-order valence-corrected chi connectivity index (χ1v) is 10.2. The third kappa shape index (κ3) is 6.10. The van der Waals surface area contributed by atoms with E-state index in [9.17, 15) is 0 Å². The molecule has 0 aromatic heterocycles. The van der Waals surface area contributed by atoms with Gasteiger partial charge in [0, 0.05) is 11.8 Å². The SMILES string of the molecule is c1ccc([SH+]c2ccc(C3CCCCC3)cc2)cc1.c1ccccc1. The molecule has 1 aliphatic rings. The Morgan fingerprint density at radius 2 is 1.00 bits per heavy atom. The highest BCUT2D eigenvalue weighted by Crippen LogP contribution is 2.32. The maximum atomic E-state index is 2.35. The molecule has 4 rings (SSSR count). The zero-order valence-corrected chi connectivity index (χ0v) is 15.6. The van der Waals surface area contributed by atoms with Crippen LogP contribution in [0.15, 0.2) is 101 Å². The molecule has 0 unspecified atom stereocenters. The van der Waals surface area contributed by atoms with Crippen LogP contribution in [-0.2, 0) is 11.8 Å². The zero-order chi connectivity index (χ0) is 17.2. The summed E-state index contributed by atoms with van der Waals surface area (Å²) in [6, 6.07) is 32.0. The predicted molar refractivity (Wildman–Crippen MR) is 110 cm³/mol. The molecule has 0 heterocycles. The Labute approximate surface area is 156 Å². The lowest BCUT2D eigenvalue weighted by Crippen LogP contribution is -2.04. The molecule has 0 saturated heterocycles. The number of benzene rings is 3. The summed E-state index contributed by atoms with van der Waals surface area (Å²) in [6.07, 6.45) is 7.02. The highest BCUT2D eigenvalue weighted by atomic mass is 32.2. The molecule has 128 valence electrons. The summed E-state index contributed by atoms with van der Waals surface area (Å²) in [5.74, 6) is 0.816. The molecule has 0 aliphatic heterocycles. The van der Waals surface area contributed by atoms with E-state index >= 15 is 0 Å². The van der Waals surface area contributed by atoms with Crippen molar-refractivity contribution in [2.24, 2.45) is 0 Å². The van der Waals surface area contributed by atoms with Crippen molar-refractivity contribution in [2.75, 3.05) is 0 Å². The van der Waals surface area contributed by atoms with E-state index in [0.29, 0.717) is 0 Å². The Hall–Kier alpha value is -1.99. The van der Waals surface area contributed by atoms with Crippen LogP contribution in [0.2, 0.25) is 0 Å². The van der Waals surface area contributed by atoms with Crippen molar-refractivity contribution < 1.29 is 0 Å². The van der Waals surface area contributed by atoms with Crippen LogP contribution in [0, 0.1) is 0 Å². The number of hydrogen-bond acceptors (Lipinski definition) is 0. The van der Waals surface area contributed by atoms with E-state index in [1.54, 1.807) is 5.56 Å². The Balaban J connectivity index is 0.000000258. The fraction of sp³-hybridized carbons (Fsp3) is 0.250. The normalized spacial score (nSPS) is 14.4. The Bertz CT molecular complexity index is 671. The molecule has 0 bridgehead atoms. The lowest BCUT2D eigenvalue weighted by atomic mass is 9.84. The molecule has 0 amide bonds. The molecule has 1 fully saturated rings. The minimum atomic E-state index is 0.816. The monoisotopic (exact) mass is 347 g/mol. The maximum Gasteiger partial charge on any atom is 0.158 e. The van der Waals surface area contributed by atoms with Crippen molar-refractivity contribution in [3.63, 3.8) is 0 Å². The van der Waals surface area contributed by atoms with Gasteiger partial charge in [-0.15, -0.1) is 0 Å². The Kier molecular flexibility index (Phi) is 7.20. The molecule has 3 aromatic rings. The molecule has 0 atom stereocenters. The van der Waals surface area contributed by atoms with Crippen LogP contribution in [-0.4, -0.2) is 0 Å². The first kappa shape index (κ1) is 17.8. The van der Waals surface area contributed by atoms with Crippen molar-refractivity contribution in [3.05, 3.63) is 96.6 Å². The highest BCUT2D eigenvalue weighted by molar-refractivity contribution is 7.78. The lowest BCUT2D eigenvalue weighted by molar-refractivity contribution is 0.443. The van der Waals surface area contributed by atoms with Crippen molar-refractivity contribution >= 4 is 11.8 Å². The molecule has 1 aliphatic carbocycles. The minimum absolute atomic E-state index is 0.816. The van der Waals surface area contributed by atoms with Gasteiger partial charge < -0.3 is 0 Å². The van der Waals surface area contributed by atoms with Gasteiger partial charge in [0.25, 0.3) is 0 Å². The second-order valence-corrected chi connectivity index (χ2v) is 7.78. The van der Waals surface area contributed by atoms with Crippen LogP contribution in [0.1, 0.15) is 43.6 Å². The van der Waals surface area contributed by atoms with Crippen LogP contribution >= 0.6 is 0 Å². The second-order valence-electron chi connectivity index (χ2n) is 6.53. The quantitative estimate of drug-likeness (QED) is 0.367. The van der Waals surface area contributed by atoms with Gasteiger partial charge in [-0.3, -0.25) is 0 Å². The van der Waals surface area contributed by atoms with E-state index in [4.69, 9.17) is 0 Å². The first-order valence-electron chi connectivity index (χ1n) is 9.28. The van der Waals surface area contributed by atoms with Crippen molar-refractivity contribution in [2.45, 2.75) is 47.8 Å². The molecule has 0 nitrogen and oxygen atoms in total. The third-order valence-electron chi connectivity index (χ3n) is 4.65. The third-order valence-corrected chi connectivity index (χ3v) is 5.76. The van der Waals surface area contributed by atoms with Crippen LogP contribution in [0.5, 0.6) is 0 Å². The summed E-state index contributed by atoms with van der Waals surface area (Å²) in [5.41, 5.74) is 1.55. The van der Waals surface area contributed by atoms with E-state index in [2.05, 4.69) is 54.6 Å². The topological polar surface area (TPSA) is 0 Å². The number of hydrogen-bond donors (Lipinski definition) is 0. The molecule has 1 heteroatoms. The molecular formula is C24H27S+. The van der Waals surface area contributed by atoms with E-state index < -0.39 is 0 Å². The smallest absolute Gasteiger partial charge is 0.0623 e. The van der Waals surface area contributed by atoms with Crippen LogP contribution < -0.4 is 0 Å². The predicted octanol–water partition coefficient (Wildman–Crippen LogP) is 6.65. The molecular weight excluding hydrogens is 320 g/mol. The van der Waals surface area contributed by atoms with Crippen LogP contribution in [0.4, 0.5) is 0 Å². The van der Waals surface area contributed by atoms with Crippen LogP contribution in [0.25, 0.3) is 0 Å². The lowest BCUT2D eigenvalue weighted by Gasteiger charge is -2.21. The van der Waals surface area contributed by atoms with E-state index in [-0.39, 0.29) is 0 Å². The second kappa shape index (κ2) is 10.1. The average molecular weight is 348 g/mol. The summed E-state index contributed by atoms with van der Waals surface area (Å²) in [4.78, 5) is 2.76. The van der Waals surface area contributed by atoms with Gasteiger partial charge in [0.05, 0.1) is 0 Å². The van der Waals surface area contributed by atoms with Gasteiger partial charge in [-0.2, -0.15) is 0 Å². The fourth-order valence-corrected chi connectivity index (χ4v) is 4.21. The van der Waals surface area contributed by atoms with Gasteiger partial charge in [0.2, 0.25) is 0 Å². The Morgan fingerprint density at radius 1 is 0.520 bits per heavy atom. The fourth-order valence-electron chi connectivity index (χ4n) is 3.29. The van der Waals surface area contributed by atoms with Gasteiger partial charge in [0.1, 0.15) is 0 Å². The minimum Gasteiger partial charge on any atom is -0.0623 e. The van der Waals surface area contributed by atoms with E-state index in [0.717, 1.165) is 5.92 Å². The molecule has 25 heavy (non-hydrogen) atoms. The van der Waals surface area contributed by atoms with E-state index in [1.165, 1.54) is 53.7 Å². The maximum absolute atomic E-state index is 2.35. The van der Waals surface area contributed by atoms with Gasteiger partial charge in [-0.25, -0.2) is 0 Å². The van der Waals surface area contributed by atoms with Crippen molar-refractivity contribution in [3.8, 4) is 0 Å². The zero-order valence-electron chi connectivity index (χ0n) is 14.7. The first-order chi connectivity index (χ1) is 12.4. The summed E-state index contributed by atoms with van der Waals surface area (Å²) < 4.78 is 0. The highest BCUT2D eigenvalue weighted by Gasteiger charge is 2.16. The average Bonchev–Trinajstić information content (AvgIpc) is 2.72. The molecule has 0 spiro atoms. The molecule has 3 aromatic carbocycles. The van der Waals surface area contributed by atoms with Gasteiger partial charge in [-0.1, -0.05) is 86.0 Å². The van der Waals surface area contributed by atoms with Gasteiger partial charge in [0.15, 0.2) is 9.79 Å². The standard InChI is InChI=1S/C18H20S.C6H6/c1-3-7-15(8-4-1)16-11-13-18(14-12-16)19-17-9-5-2-6-10-17;1-2-4-6-5-3-1/h2,5-6,9-15H,1,3-4,7-8H2;1-6H/p+1. The van der Waals surface area contributed by atoms with Crippen molar-refractivity contribution in [1.29, 1.82) is 0 Å². The summed E-state index contributed by atoms with van der Waals surface area (Å²) in [6.45, 7) is 0. The van der Waals surface area contributed by atoms with Crippen LogP contribution in [0.3, 0.4) is 0 Å². The molecule has 1 saturated carbocycles. The Morgan fingerprint density at radius 3 is 1.56 bits per heavy atom. The summed E-state index contributed by atoms with van der Waals surface area (Å²) in [5, 5.41) is 0. The summed E-state index contributed by atoms with van der Waals surface area (Å²) >= 11 is 1.31. The largest absolute Gasteiger partial charge is 0.158 e. The molecule has 0 N–H and O–H groups in total. The number of thiol groups is 1. The summed E-state index contributed by atoms with van der Waals surface area (Å²) in [7, 11) is 0. The van der Waals surface area contributed by atoms with Gasteiger partial charge >= 0.3 is 0 Å². The molecule has 0 radical (unpaired) electrons. The van der Waals surface area contributed by atoms with Gasteiger partial charge in [-0.05, 0) is 48.6 Å².